The highest BCUT2D eigenvalue weighted by atomic mass is 32.1. The van der Waals surface area contributed by atoms with Crippen LogP contribution in [0.4, 0.5) is 10.8 Å². The molecule has 0 spiro atoms. The average Bonchev–Trinajstić information content (AvgIpc) is 3.10. The predicted octanol–water partition coefficient (Wildman–Crippen LogP) is 3.58. The Morgan fingerprint density at radius 1 is 0.923 bits per heavy atom. The first-order valence-electron chi connectivity index (χ1n) is 7.77. The molecular weight excluding hydrogens is 350 g/mol. The summed E-state index contributed by atoms with van der Waals surface area (Å²) < 4.78 is 0. The van der Waals surface area contributed by atoms with Gasteiger partial charge in [0.2, 0.25) is 5.91 Å². The van der Waals surface area contributed by atoms with Crippen molar-refractivity contribution in [3.63, 3.8) is 0 Å². The Hall–Kier alpha value is -3.32. The zero-order chi connectivity index (χ0) is 18.5. The smallest absolute Gasteiger partial charge is 0.275 e. The van der Waals surface area contributed by atoms with E-state index in [0.717, 1.165) is 11.3 Å². The Labute approximate surface area is 153 Å². The second kappa shape index (κ2) is 7.71. The number of amides is 2. The Balaban J connectivity index is 1.74. The number of ketones is 1. The van der Waals surface area contributed by atoms with Gasteiger partial charge in [-0.25, -0.2) is 4.98 Å². The third-order valence-corrected chi connectivity index (χ3v) is 4.20. The van der Waals surface area contributed by atoms with Crippen molar-refractivity contribution in [2.75, 3.05) is 10.6 Å². The molecule has 0 radical (unpaired) electrons. The molecule has 0 bridgehead atoms. The van der Waals surface area contributed by atoms with Crippen LogP contribution < -0.4 is 10.6 Å². The third kappa shape index (κ3) is 4.20. The van der Waals surface area contributed by atoms with E-state index in [-0.39, 0.29) is 17.4 Å². The fourth-order valence-corrected chi connectivity index (χ4v) is 3.01. The lowest BCUT2D eigenvalue weighted by Crippen LogP contribution is -2.13. The van der Waals surface area contributed by atoms with Crippen LogP contribution in [0.1, 0.15) is 33.3 Å². The molecule has 0 saturated carbocycles. The minimum absolute atomic E-state index is 0.122. The molecule has 26 heavy (non-hydrogen) atoms. The molecule has 0 fully saturated rings. The monoisotopic (exact) mass is 365 g/mol. The number of anilines is 2. The summed E-state index contributed by atoms with van der Waals surface area (Å²) in [5.74, 6) is -0.788. The predicted molar refractivity (Wildman–Crippen MR) is 101 cm³/mol. The van der Waals surface area contributed by atoms with Crippen LogP contribution in [0.3, 0.4) is 0 Å². The summed E-state index contributed by atoms with van der Waals surface area (Å²) in [6.07, 6.45) is 0. The summed E-state index contributed by atoms with van der Waals surface area (Å²) in [5, 5.41) is 7.15. The number of carbonyl (C=O) groups is 3. The number of hydrogen-bond donors (Lipinski definition) is 2. The van der Waals surface area contributed by atoms with Crippen LogP contribution in [-0.2, 0) is 4.79 Å². The maximum absolute atomic E-state index is 12.5. The van der Waals surface area contributed by atoms with Gasteiger partial charge >= 0.3 is 0 Å². The molecule has 1 heterocycles. The molecule has 1 aromatic heterocycles. The highest BCUT2D eigenvalue weighted by Crippen LogP contribution is 2.18. The molecule has 0 aliphatic carbocycles. The van der Waals surface area contributed by atoms with Gasteiger partial charge in [-0.3, -0.25) is 14.4 Å². The van der Waals surface area contributed by atoms with E-state index in [9.17, 15) is 14.4 Å². The summed E-state index contributed by atoms with van der Waals surface area (Å²) in [4.78, 5) is 39.9. The van der Waals surface area contributed by atoms with Crippen LogP contribution in [-0.4, -0.2) is 22.6 Å². The van der Waals surface area contributed by atoms with Gasteiger partial charge in [0.1, 0.15) is 5.69 Å². The normalized spacial score (nSPS) is 10.2. The Bertz CT molecular complexity index is 967. The minimum atomic E-state index is -0.415. The highest BCUT2D eigenvalue weighted by molar-refractivity contribution is 7.14. The first-order valence-corrected chi connectivity index (χ1v) is 8.65. The van der Waals surface area contributed by atoms with E-state index >= 15 is 0 Å². The van der Waals surface area contributed by atoms with Gasteiger partial charge in [0.05, 0.1) is 0 Å². The van der Waals surface area contributed by atoms with Crippen LogP contribution in [0.25, 0.3) is 0 Å². The summed E-state index contributed by atoms with van der Waals surface area (Å²) in [7, 11) is 0. The second-order valence-electron chi connectivity index (χ2n) is 5.45. The van der Waals surface area contributed by atoms with Gasteiger partial charge in [-0.05, 0) is 12.1 Å². The number of aromatic nitrogens is 1. The zero-order valence-electron chi connectivity index (χ0n) is 13.9. The molecule has 3 rings (SSSR count). The minimum Gasteiger partial charge on any atom is -0.321 e. The van der Waals surface area contributed by atoms with E-state index < -0.39 is 5.91 Å². The van der Waals surface area contributed by atoms with Gasteiger partial charge in [-0.2, -0.15) is 0 Å². The van der Waals surface area contributed by atoms with Crippen molar-refractivity contribution < 1.29 is 14.4 Å². The van der Waals surface area contributed by atoms with Crippen molar-refractivity contribution in [2.24, 2.45) is 0 Å². The van der Waals surface area contributed by atoms with Crippen molar-refractivity contribution in [3.05, 3.63) is 76.8 Å². The first kappa shape index (κ1) is 17.5. The van der Waals surface area contributed by atoms with E-state index in [2.05, 4.69) is 15.6 Å². The summed E-state index contributed by atoms with van der Waals surface area (Å²) >= 11 is 1.16. The summed E-state index contributed by atoms with van der Waals surface area (Å²) in [5.41, 5.74) is 1.74. The Morgan fingerprint density at radius 3 is 2.38 bits per heavy atom. The molecule has 2 aromatic carbocycles. The summed E-state index contributed by atoms with van der Waals surface area (Å²) in [6.45, 7) is 1.37. The molecule has 2 N–H and O–H groups in total. The molecule has 130 valence electrons. The molecule has 3 aromatic rings. The quantitative estimate of drug-likeness (QED) is 0.677. The second-order valence-corrected chi connectivity index (χ2v) is 6.31. The highest BCUT2D eigenvalue weighted by Gasteiger charge is 2.13. The number of rotatable bonds is 5. The first-order chi connectivity index (χ1) is 12.5. The van der Waals surface area contributed by atoms with Gasteiger partial charge in [-0.15, -0.1) is 11.3 Å². The van der Waals surface area contributed by atoms with Gasteiger partial charge in [-0.1, -0.05) is 42.5 Å². The van der Waals surface area contributed by atoms with Gasteiger partial charge in [0.25, 0.3) is 5.91 Å². The van der Waals surface area contributed by atoms with Gasteiger partial charge < -0.3 is 10.6 Å². The fourth-order valence-electron chi connectivity index (χ4n) is 2.28. The number of hydrogen-bond acceptors (Lipinski definition) is 5. The molecule has 0 atom stereocenters. The maximum atomic E-state index is 12.5. The van der Waals surface area contributed by atoms with Crippen LogP contribution in [0.2, 0.25) is 0 Å². The number of nitrogens with one attached hydrogen (secondary N) is 2. The average molecular weight is 365 g/mol. The fraction of sp³-hybridized carbons (Fsp3) is 0.0526. The lowest BCUT2D eigenvalue weighted by molar-refractivity contribution is -0.114. The standard InChI is InChI=1S/C19H15N3O3S/c1-12(23)20-19-22-16(11-26-19)18(25)21-15-9-5-8-14(10-15)17(24)13-6-3-2-4-7-13/h2-11H,1H3,(H,21,25)(H,20,22,23). The van der Waals surface area contributed by atoms with Crippen LogP contribution in [0.15, 0.2) is 60.0 Å². The topological polar surface area (TPSA) is 88.2 Å². The molecule has 0 aliphatic heterocycles. The third-order valence-electron chi connectivity index (χ3n) is 3.44. The number of thiazole rings is 1. The summed E-state index contributed by atoms with van der Waals surface area (Å²) in [6, 6.07) is 15.6. The molecule has 2 amide bonds. The number of carbonyl (C=O) groups excluding carboxylic acids is 3. The number of benzene rings is 2. The van der Waals surface area contributed by atoms with Crippen molar-refractivity contribution in [1.82, 2.24) is 4.98 Å². The Kier molecular flexibility index (Phi) is 5.19. The van der Waals surface area contributed by atoms with Gasteiger partial charge in [0, 0.05) is 29.1 Å². The van der Waals surface area contributed by atoms with Crippen LogP contribution in [0.5, 0.6) is 0 Å². The Morgan fingerprint density at radius 2 is 1.65 bits per heavy atom. The van der Waals surface area contributed by atoms with E-state index in [1.807, 2.05) is 6.07 Å². The molecular formula is C19H15N3O3S. The zero-order valence-corrected chi connectivity index (χ0v) is 14.7. The van der Waals surface area contributed by atoms with Gasteiger partial charge in [0.15, 0.2) is 10.9 Å². The van der Waals surface area contributed by atoms with E-state index in [0.29, 0.717) is 21.9 Å². The van der Waals surface area contributed by atoms with E-state index in [1.54, 1.807) is 53.9 Å². The lowest BCUT2D eigenvalue weighted by atomic mass is 10.0. The molecule has 0 saturated heterocycles. The van der Waals surface area contributed by atoms with Crippen LogP contribution in [0, 0.1) is 0 Å². The van der Waals surface area contributed by atoms with Crippen LogP contribution >= 0.6 is 11.3 Å². The van der Waals surface area contributed by atoms with E-state index in [1.165, 1.54) is 6.92 Å². The molecule has 0 unspecified atom stereocenters. The van der Waals surface area contributed by atoms with Crippen molar-refractivity contribution in [1.29, 1.82) is 0 Å². The molecule has 6 nitrogen and oxygen atoms in total. The lowest BCUT2D eigenvalue weighted by Gasteiger charge is -2.06. The van der Waals surface area contributed by atoms with Crippen molar-refractivity contribution >= 4 is 39.8 Å². The number of nitrogens with zero attached hydrogens (tertiary/aromatic N) is 1. The maximum Gasteiger partial charge on any atom is 0.275 e. The molecule has 0 aliphatic rings. The largest absolute Gasteiger partial charge is 0.321 e. The van der Waals surface area contributed by atoms with Crippen molar-refractivity contribution in [2.45, 2.75) is 6.92 Å². The SMILES string of the molecule is CC(=O)Nc1nc(C(=O)Nc2cccc(C(=O)c3ccccc3)c2)cs1. The van der Waals surface area contributed by atoms with E-state index in [4.69, 9.17) is 0 Å². The molecule has 7 heteroatoms. The van der Waals surface area contributed by atoms with Crippen molar-refractivity contribution in [3.8, 4) is 0 Å².